The largest absolute Gasteiger partial charge is 0.493 e. The van der Waals surface area contributed by atoms with Crippen LogP contribution in [0.25, 0.3) is 0 Å². The number of ether oxygens (including phenoxy) is 4. The van der Waals surface area contributed by atoms with E-state index in [1.165, 1.54) is 39.7 Å². The molecule has 0 aromatic heterocycles. The summed E-state index contributed by atoms with van der Waals surface area (Å²) in [5, 5.41) is 3.98. The molecule has 0 bridgehead atoms. The van der Waals surface area contributed by atoms with Gasteiger partial charge in [-0.05, 0) is 42.5 Å². The van der Waals surface area contributed by atoms with Crippen molar-refractivity contribution in [1.29, 1.82) is 0 Å². The first-order valence-electron chi connectivity index (χ1n) is 9.67. The molecule has 0 aliphatic rings. The standard InChI is InChI=1S/C24H21BrN2O6/c1-30-20-12-16(13-21(31-2)22(20)32-3)24(29)33-19-10-9-18(25)11-17(19)14-26-27-23(28)15-7-5-4-6-8-15/h4-14H,1-3H3,(H,27,28)/b26-14-. The average molecular weight is 513 g/mol. The van der Waals surface area contributed by atoms with Crippen LogP contribution in [0.2, 0.25) is 0 Å². The lowest BCUT2D eigenvalue weighted by Crippen LogP contribution is -2.17. The molecule has 0 saturated heterocycles. The molecule has 33 heavy (non-hydrogen) atoms. The van der Waals surface area contributed by atoms with E-state index in [9.17, 15) is 9.59 Å². The van der Waals surface area contributed by atoms with Gasteiger partial charge in [0.15, 0.2) is 11.5 Å². The molecule has 3 aromatic carbocycles. The highest BCUT2D eigenvalue weighted by molar-refractivity contribution is 9.10. The van der Waals surface area contributed by atoms with Gasteiger partial charge in [-0.3, -0.25) is 4.79 Å². The number of amides is 1. The Labute approximate surface area is 199 Å². The Morgan fingerprint density at radius 2 is 1.52 bits per heavy atom. The molecule has 0 saturated carbocycles. The molecule has 0 radical (unpaired) electrons. The molecule has 0 unspecified atom stereocenters. The number of hydrogen-bond donors (Lipinski definition) is 1. The molecular formula is C24H21BrN2O6. The molecule has 0 atom stereocenters. The third-order valence-corrected chi connectivity index (χ3v) is 4.97. The van der Waals surface area contributed by atoms with Gasteiger partial charge in [-0.2, -0.15) is 5.10 Å². The lowest BCUT2D eigenvalue weighted by atomic mass is 10.1. The molecule has 0 spiro atoms. The highest BCUT2D eigenvalue weighted by Crippen LogP contribution is 2.38. The van der Waals surface area contributed by atoms with E-state index in [-0.39, 0.29) is 17.2 Å². The Morgan fingerprint density at radius 1 is 0.848 bits per heavy atom. The molecule has 0 heterocycles. The maximum absolute atomic E-state index is 12.9. The molecule has 170 valence electrons. The van der Waals surface area contributed by atoms with Crippen molar-refractivity contribution < 1.29 is 28.5 Å². The highest BCUT2D eigenvalue weighted by Gasteiger charge is 2.19. The third-order valence-electron chi connectivity index (χ3n) is 4.48. The van der Waals surface area contributed by atoms with Gasteiger partial charge < -0.3 is 18.9 Å². The number of rotatable bonds is 8. The van der Waals surface area contributed by atoms with Crippen molar-refractivity contribution in [1.82, 2.24) is 5.43 Å². The minimum Gasteiger partial charge on any atom is -0.493 e. The predicted octanol–water partition coefficient (Wildman–Crippen LogP) is 4.46. The maximum atomic E-state index is 12.9. The van der Waals surface area contributed by atoms with Crippen LogP contribution in [0.3, 0.4) is 0 Å². The van der Waals surface area contributed by atoms with Crippen LogP contribution in [-0.4, -0.2) is 39.4 Å². The van der Waals surface area contributed by atoms with E-state index in [0.717, 1.165) is 4.47 Å². The van der Waals surface area contributed by atoms with Crippen molar-refractivity contribution in [3.63, 3.8) is 0 Å². The van der Waals surface area contributed by atoms with Crippen LogP contribution in [0.15, 0.2) is 70.2 Å². The molecule has 1 amide bonds. The summed E-state index contributed by atoms with van der Waals surface area (Å²) in [5.74, 6) is 0.254. The van der Waals surface area contributed by atoms with Crippen LogP contribution in [0, 0.1) is 0 Å². The topological polar surface area (TPSA) is 95.5 Å². The van der Waals surface area contributed by atoms with Gasteiger partial charge in [-0.25, -0.2) is 10.2 Å². The molecule has 8 nitrogen and oxygen atoms in total. The quantitative estimate of drug-likeness (QED) is 0.207. The van der Waals surface area contributed by atoms with E-state index in [2.05, 4.69) is 26.5 Å². The van der Waals surface area contributed by atoms with Crippen molar-refractivity contribution in [2.24, 2.45) is 5.10 Å². The van der Waals surface area contributed by atoms with E-state index in [0.29, 0.717) is 28.4 Å². The maximum Gasteiger partial charge on any atom is 0.343 e. The number of nitrogens with zero attached hydrogens (tertiary/aromatic N) is 1. The summed E-state index contributed by atoms with van der Waals surface area (Å²) < 4.78 is 22.2. The zero-order valence-corrected chi connectivity index (χ0v) is 19.7. The number of nitrogens with one attached hydrogen (secondary N) is 1. The summed E-state index contributed by atoms with van der Waals surface area (Å²) in [6.45, 7) is 0. The molecule has 1 N–H and O–H groups in total. The molecular weight excluding hydrogens is 492 g/mol. The van der Waals surface area contributed by atoms with Gasteiger partial charge in [0.2, 0.25) is 5.75 Å². The normalized spacial score (nSPS) is 10.5. The van der Waals surface area contributed by atoms with Gasteiger partial charge in [-0.15, -0.1) is 0 Å². The first-order chi connectivity index (χ1) is 16.0. The number of hydrogen-bond acceptors (Lipinski definition) is 7. The predicted molar refractivity (Wildman–Crippen MR) is 127 cm³/mol. The van der Waals surface area contributed by atoms with Crippen LogP contribution >= 0.6 is 15.9 Å². The minimum absolute atomic E-state index is 0.202. The number of carbonyl (C=O) groups excluding carboxylic acids is 2. The summed E-state index contributed by atoms with van der Waals surface area (Å²) >= 11 is 3.38. The smallest absolute Gasteiger partial charge is 0.343 e. The molecule has 3 rings (SSSR count). The van der Waals surface area contributed by atoms with Crippen molar-refractivity contribution in [3.8, 4) is 23.0 Å². The van der Waals surface area contributed by atoms with Crippen LogP contribution in [0.4, 0.5) is 0 Å². The van der Waals surface area contributed by atoms with E-state index in [1.54, 1.807) is 42.5 Å². The fraction of sp³-hybridized carbons (Fsp3) is 0.125. The average Bonchev–Trinajstić information content (AvgIpc) is 2.84. The number of benzene rings is 3. The molecule has 0 aliphatic carbocycles. The van der Waals surface area contributed by atoms with Crippen LogP contribution < -0.4 is 24.4 Å². The van der Waals surface area contributed by atoms with Crippen LogP contribution in [-0.2, 0) is 0 Å². The van der Waals surface area contributed by atoms with Gasteiger partial charge in [0.1, 0.15) is 5.75 Å². The van der Waals surface area contributed by atoms with Crippen molar-refractivity contribution in [3.05, 3.63) is 81.8 Å². The van der Waals surface area contributed by atoms with Gasteiger partial charge >= 0.3 is 5.97 Å². The summed E-state index contributed by atoms with van der Waals surface area (Å²) in [5.41, 5.74) is 3.59. The monoisotopic (exact) mass is 512 g/mol. The van der Waals surface area contributed by atoms with Crippen LogP contribution in [0.1, 0.15) is 26.3 Å². The van der Waals surface area contributed by atoms with Crippen molar-refractivity contribution >= 4 is 34.0 Å². The summed E-state index contributed by atoms with van der Waals surface area (Å²) in [6.07, 6.45) is 1.39. The first kappa shape index (κ1) is 23.8. The first-order valence-corrected chi connectivity index (χ1v) is 10.5. The zero-order chi connectivity index (χ0) is 23.8. The molecule has 0 aliphatic heterocycles. The van der Waals surface area contributed by atoms with Gasteiger partial charge in [-0.1, -0.05) is 34.1 Å². The van der Waals surface area contributed by atoms with E-state index >= 15 is 0 Å². The Bertz CT molecular complexity index is 1160. The second kappa shape index (κ2) is 11.1. The fourth-order valence-electron chi connectivity index (χ4n) is 2.89. The number of hydrazone groups is 1. The second-order valence-electron chi connectivity index (χ2n) is 6.55. The van der Waals surface area contributed by atoms with Crippen molar-refractivity contribution in [2.45, 2.75) is 0 Å². The Hall–Kier alpha value is -3.85. The second-order valence-corrected chi connectivity index (χ2v) is 7.47. The zero-order valence-electron chi connectivity index (χ0n) is 18.1. The summed E-state index contributed by atoms with van der Waals surface area (Å²) in [7, 11) is 4.39. The number of carbonyl (C=O) groups is 2. The summed E-state index contributed by atoms with van der Waals surface area (Å²) in [6, 6.07) is 16.7. The van der Waals surface area contributed by atoms with Gasteiger partial charge in [0, 0.05) is 15.6 Å². The van der Waals surface area contributed by atoms with Gasteiger partial charge in [0.25, 0.3) is 5.91 Å². The molecule has 9 heteroatoms. The van der Waals surface area contributed by atoms with Crippen LogP contribution in [0.5, 0.6) is 23.0 Å². The van der Waals surface area contributed by atoms with E-state index in [4.69, 9.17) is 18.9 Å². The Morgan fingerprint density at radius 3 is 2.12 bits per heavy atom. The fourth-order valence-corrected chi connectivity index (χ4v) is 3.26. The number of methoxy groups -OCH3 is 3. The third kappa shape index (κ3) is 5.89. The number of esters is 1. The minimum atomic E-state index is -0.639. The number of halogens is 1. The summed E-state index contributed by atoms with van der Waals surface area (Å²) in [4.78, 5) is 25.0. The van der Waals surface area contributed by atoms with Crippen molar-refractivity contribution in [2.75, 3.05) is 21.3 Å². The SMILES string of the molecule is COc1cc(C(=O)Oc2ccc(Br)cc2/C=N\NC(=O)c2ccccc2)cc(OC)c1OC. The van der Waals surface area contributed by atoms with Gasteiger partial charge in [0.05, 0.1) is 33.1 Å². The van der Waals surface area contributed by atoms with E-state index in [1.807, 2.05) is 6.07 Å². The Kier molecular flexibility index (Phi) is 8.04. The Balaban J connectivity index is 1.82. The lowest BCUT2D eigenvalue weighted by Gasteiger charge is -2.14. The molecule has 0 fully saturated rings. The molecule has 3 aromatic rings. The highest BCUT2D eigenvalue weighted by atomic mass is 79.9. The lowest BCUT2D eigenvalue weighted by molar-refractivity contribution is 0.0733. The van der Waals surface area contributed by atoms with E-state index < -0.39 is 5.97 Å².